The fraction of sp³-hybridized carbons (Fsp3) is 0.222. The van der Waals surface area contributed by atoms with Crippen molar-refractivity contribution in [1.82, 2.24) is 9.78 Å². The van der Waals surface area contributed by atoms with Crippen molar-refractivity contribution in [1.29, 1.82) is 0 Å². The van der Waals surface area contributed by atoms with Crippen LogP contribution in [0.2, 0.25) is 0 Å². The minimum Gasteiger partial charge on any atom is -0.362 e. The lowest BCUT2D eigenvalue weighted by molar-refractivity contribution is -0.173. The van der Waals surface area contributed by atoms with Crippen LogP contribution in [0.15, 0.2) is 38.6 Å². The van der Waals surface area contributed by atoms with E-state index in [1.54, 1.807) is 17.5 Å². The largest absolute Gasteiger partial charge is 0.410 e. The molecule has 1 aliphatic heterocycles. The Kier molecular flexibility index (Phi) is 5.85. The maximum Gasteiger partial charge on any atom is 0.410 e. The van der Waals surface area contributed by atoms with E-state index in [1.807, 2.05) is 0 Å². The number of rotatable bonds is 3. The number of fused-ring (bicyclic) bond motifs is 1. The number of benzene rings is 1. The van der Waals surface area contributed by atoms with Gasteiger partial charge >= 0.3 is 6.18 Å². The molecule has 2 N–H and O–H groups in total. The Morgan fingerprint density at radius 2 is 2.03 bits per heavy atom. The molecule has 0 unspecified atom stereocenters. The van der Waals surface area contributed by atoms with Crippen LogP contribution < -0.4 is 10.6 Å². The third-order valence-electron chi connectivity index (χ3n) is 4.64. The number of halogens is 7. The maximum atomic E-state index is 14.1. The van der Waals surface area contributed by atoms with Gasteiger partial charge in [-0.05, 0) is 49.4 Å². The third-order valence-corrected chi connectivity index (χ3v) is 7.01. The molecule has 0 saturated heterocycles. The summed E-state index contributed by atoms with van der Waals surface area (Å²) in [5.41, 5.74) is -0.736. The van der Waals surface area contributed by atoms with Gasteiger partial charge in [0, 0.05) is 21.8 Å². The molecular formula is C18H11Br2F5N4OS. The highest BCUT2D eigenvalue weighted by molar-refractivity contribution is 9.11. The normalized spacial score (nSPS) is 18.4. The van der Waals surface area contributed by atoms with Gasteiger partial charge in [-0.3, -0.25) is 4.79 Å². The van der Waals surface area contributed by atoms with Crippen LogP contribution in [0, 0.1) is 11.6 Å². The van der Waals surface area contributed by atoms with Gasteiger partial charge in [0.1, 0.15) is 11.6 Å². The number of amides is 1. The number of hydrogen-bond donors (Lipinski definition) is 2. The van der Waals surface area contributed by atoms with Gasteiger partial charge in [-0.1, -0.05) is 6.07 Å². The molecule has 31 heavy (non-hydrogen) atoms. The number of thiophene rings is 1. The molecule has 5 nitrogen and oxygen atoms in total. The molecule has 0 bridgehead atoms. The SMILES string of the molecule is O=C(Nc1c(F)cc(F)cc1Br)c1nn2c(c1Br)N[C@@H](c1cccs1)C[C@@H]2C(F)(F)F. The standard InChI is InChI=1S/C18H11Br2F5N4OS/c19-8-4-7(21)5-9(22)14(8)27-17(30)15-13(20)16-26-10(11-2-1-3-31-11)6-12(18(23,24)25)29(16)28-15/h1-5,10,12,26H,6H2,(H,27,30)/t10-,12-/m1/s1. The monoisotopic (exact) mass is 584 g/mol. The van der Waals surface area contributed by atoms with Crippen LogP contribution in [-0.4, -0.2) is 21.9 Å². The van der Waals surface area contributed by atoms with E-state index in [4.69, 9.17) is 0 Å². The minimum absolute atomic E-state index is 0.000789. The summed E-state index contributed by atoms with van der Waals surface area (Å²) >= 11 is 7.41. The second kappa shape index (κ2) is 8.17. The highest BCUT2D eigenvalue weighted by atomic mass is 79.9. The van der Waals surface area contributed by atoms with Crippen LogP contribution in [0.25, 0.3) is 0 Å². The highest BCUT2D eigenvalue weighted by Crippen LogP contribution is 2.47. The van der Waals surface area contributed by atoms with Crippen molar-refractivity contribution in [2.24, 2.45) is 0 Å². The number of aromatic nitrogens is 2. The third kappa shape index (κ3) is 4.22. The van der Waals surface area contributed by atoms with Crippen molar-refractivity contribution in [2.45, 2.75) is 24.7 Å². The molecule has 1 aromatic carbocycles. The lowest BCUT2D eigenvalue weighted by Crippen LogP contribution is -2.35. The summed E-state index contributed by atoms with van der Waals surface area (Å²) in [7, 11) is 0. The molecule has 0 saturated carbocycles. The van der Waals surface area contributed by atoms with Crippen LogP contribution in [0.1, 0.15) is 33.9 Å². The minimum atomic E-state index is -4.61. The van der Waals surface area contributed by atoms with Crippen LogP contribution in [0.5, 0.6) is 0 Å². The van der Waals surface area contributed by atoms with E-state index in [0.717, 1.165) is 6.07 Å². The Labute approximate surface area is 192 Å². The Morgan fingerprint density at radius 3 is 2.65 bits per heavy atom. The average molecular weight is 586 g/mol. The number of anilines is 2. The fourth-order valence-corrected chi connectivity index (χ4v) is 5.10. The molecule has 1 aliphatic rings. The quantitative estimate of drug-likeness (QED) is 0.338. The Hall–Kier alpha value is -1.99. The molecule has 0 spiro atoms. The van der Waals surface area contributed by atoms with Crippen molar-refractivity contribution in [2.75, 3.05) is 10.6 Å². The van der Waals surface area contributed by atoms with Gasteiger partial charge in [-0.15, -0.1) is 11.3 Å². The van der Waals surface area contributed by atoms with E-state index in [0.29, 0.717) is 15.6 Å². The number of hydrogen-bond acceptors (Lipinski definition) is 4. The summed E-state index contributed by atoms with van der Waals surface area (Å²) < 4.78 is 69.3. The summed E-state index contributed by atoms with van der Waals surface area (Å²) in [6.07, 6.45) is -4.93. The second-order valence-electron chi connectivity index (χ2n) is 6.66. The van der Waals surface area contributed by atoms with E-state index in [2.05, 4.69) is 47.6 Å². The number of alkyl halides is 3. The topological polar surface area (TPSA) is 59.0 Å². The second-order valence-corrected chi connectivity index (χ2v) is 9.29. The Morgan fingerprint density at radius 1 is 1.29 bits per heavy atom. The van der Waals surface area contributed by atoms with Crippen molar-refractivity contribution in [3.05, 3.63) is 60.8 Å². The van der Waals surface area contributed by atoms with Crippen molar-refractivity contribution >= 4 is 60.6 Å². The fourth-order valence-electron chi connectivity index (χ4n) is 3.25. The first kappa shape index (κ1) is 22.2. The molecule has 0 aliphatic carbocycles. The smallest absolute Gasteiger partial charge is 0.362 e. The lowest BCUT2D eigenvalue weighted by atomic mass is 10.0. The van der Waals surface area contributed by atoms with Crippen molar-refractivity contribution in [3.63, 3.8) is 0 Å². The van der Waals surface area contributed by atoms with Gasteiger partial charge < -0.3 is 10.6 Å². The molecule has 13 heteroatoms. The van der Waals surface area contributed by atoms with E-state index < -0.39 is 35.8 Å². The van der Waals surface area contributed by atoms with E-state index in [1.165, 1.54) is 11.3 Å². The molecule has 0 fully saturated rings. The molecule has 3 aromatic rings. The van der Waals surface area contributed by atoms with Gasteiger partial charge in [0.15, 0.2) is 17.6 Å². The zero-order chi connectivity index (χ0) is 22.5. The molecule has 2 aromatic heterocycles. The Bertz CT molecular complexity index is 1130. The molecule has 164 valence electrons. The van der Waals surface area contributed by atoms with Gasteiger partial charge in [0.05, 0.1) is 16.2 Å². The summed E-state index contributed by atoms with van der Waals surface area (Å²) in [5, 5.41) is 10.8. The van der Waals surface area contributed by atoms with Gasteiger partial charge in [-0.25, -0.2) is 13.5 Å². The zero-order valence-corrected chi connectivity index (χ0v) is 19.1. The lowest BCUT2D eigenvalue weighted by Gasteiger charge is -2.33. The first-order chi connectivity index (χ1) is 14.6. The molecular weight excluding hydrogens is 575 g/mol. The molecule has 0 radical (unpaired) electrons. The summed E-state index contributed by atoms with van der Waals surface area (Å²) in [4.78, 5) is 13.4. The highest BCUT2D eigenvalue weighted by Gasteiger charge is 2.48. The van der Waals surface area contributed by atoms with E-state index in [9.17, 15) is 26.7 Å². The van der Waals surface area contributed by atoms with E-state index >= 15 is 0 Å². The average Bonchev–Trinajstić information content (AvgIpc) is 3.31. The maximum absolute atomic E-state index is 14.1. The van der Waals surface area contributed by atoms with E-state index in [-0.39, 0.29) is 32.6 Å². The van der Waals surface area contributed by atoms with Gasteiger partial charge in [-0.2, -0.15) is 18.3 Å². The van der Waals surface area contributed by atoms with Crippen LogP contribution >= 0.6 is 43.2 Å². The van der Waals surface area contributed by atoms with Crippen molar-refractivity contribution in [3.8, 4) is 0 Å². The van der Waals surface area contributed by atoms with Crippen LogP contribution in [0.4, 0.5) is 33.5 Å². The zero-order valence-electron chi connectivity index (χ0n) is 15.1. The summed E-state index contributed by atoms with van der Waals surface area (Å²) in [6.45, 7) is 0. The molecule has 2 atom stereocenters. The number of nitrogens with zero attached hydrogens (tertiary/aromatic N) is 2. The first-order valence-corrected chi connectivity index (χ1v) is 11.1. The van der Waals surface area contributed by atoms with Crippen LogP contribution in [-0.2, 0) is 0 Å². The molecule has 1 amide bonds. The summed E-state index contributed by atoms with van der Waals surface area (Å²) in [6, 6.07) is 2.37. The van der Waals surface area contributed by atoms with Gasteiger partial charge in [0.25, 0.3) is 5.91 Å². The van der Waals surface area contributed by atoms with Crippen molar-refractivity contribution < 1.29 is 26.7 Å². The number of nitrogens with one attached hydrogen (secondary N) is 2. The predicted molar refractivity (Wildman–Crippen MR) is 112 cm³/mol. The van der Waals surface area contributed by atoms with Crippen LogP contribution in [0.3, 0.4) is 0 Å². The number of carbonyl (C=O) groups is 1. The molecule has 3 heterocycles. The number of carbonyl (C=O) groups excluding carboxylic acids is 1. The predicted octanol–water partition coefficient (Wildman–Crippen LogP) is 6.66. The first-order valence-electron chi connectivity index (χ1n) is 8.66. The Balaban J connectivity index is 1.72. The molecule has 4 rings (SSSR count). The van der Waals surface area contributed by atoms with Gasteiger partial charge in [0.2, 0.25) is 0 Å². The summed E-state index contributed by atoms with van der Waals surface area (Å²) in [5.74, 6) is -2.90.